The Hall–Kier alpha value is -1.76. The largest absolute Gasteiger partial charge is 0.290 e. The summed E-state index contributed by atoms with van der Waals surface area (Å²) >= 11 is 0. The zero-order valence-corrected chi connectivity index (χ0v) is 11.3. The lowest BCUT2D eigenvalue weighted by Gasteiger charge is -2.03. The van der Waals surface area contributed by atoms with Gasteiger partial charge in [0.15, 0.2) is 5.75 Å². The van der Waals surface area contributed by atoms with Gasteiger partial charge in [-0.25, -0.2) is 0 Å². The van der Waals surface area contributed by atoms with E-state index in [1.807, 2.05) is 12.1 Å². The Balaban J connectivity index is 1.56. The first-order valence-corrected chi connectivity index (χ1v) is 7.14. The highest BCUT2D eigenvalue weighted by Gasteiger charge is 1.96. The predicted molar refractivity (Wildman–Crippen MR) is 78.9 cm³/mol. The Morgan fingerprint density at radius 3 is 1.68 bits per heavy atom. The molecule has 0 atom stereocenters. The van der Waals surface area contributed by atoms with Gasteiger partial charge in [-0.1, -0.05) is 55.3 Å². The summed E-state index contributed by atoms with van der Waals surface area (Å²) in [6.45, 7) is 0. The molecule has 0 saturated heterocycles. The van der Waals surface area contributed by atoms with Gasteiger partial charge in [-0.05, 0) is 48.9 Å². The van der Waals surface area contributed by atoms with Gasteiger partial charge < -0.3 is 0 Å². The van der Waals surface area contributed by atoms with Crippen molar-refractivity contribution in [2.24, 2.45) is 0 Å². The number of aryl methyl sites for hydroxylation is 2. The van der Waals surface area contributed by atoms with Crippen molar-refractivity contribution < 1.29 is 5.11 Å². The van der Waals surface area contributed by atoms with Crippen molar-refractivity contribution in [1.82, 2.24) is 0 Å². The zero-order chi connectivity index (χ0) is 13.3. The molecule has 0 aliphatic heterocycles. The molecular formula is C18H21O. The fourth-order valence-electron chi connectivity index (χ4n) is 2.31. The van der Waals surface area contributed by atoms with Crippen LogP contribution >= 0.6 is 0 Å². The van der Waals surface area contributed by atoms with Crippen LogP contribution < -0.4 is 0 Å². The third-order valence-corrected chi connectivity index (χ3v) is 3.45. The summed E-state index contributed by atoms with van der Waals surface area (Å²) in [5.41, 5.74) is 2.72. The van der Waals surface area contributed by atoms with Crippen LogP contribution in [0.4, 0.5) is 0 Å². The first-order chi connectivity index (χ1) is 9.34. The van der Waals surface area contributed by atoms with Crippen molar-refractivity contribution in [3.63, 3.8) is 0 Å². The summed E-state index contributed by atoms with van der Waals surface area (Å²) < 4.78 is 0. The van der Waals surface area contributed by atoms with Gasteiger partial charge in [0.2, 0.25) is 0 Å². The van der Waals surface area contributed by atoms with E-state index < -0.39 is 0 Å². The number of unbranched alkanes of at least 4 members (excludes halogenated alkanes) is 3. The minimum absolute atomic E-state index is 0.103. The van der Waals surface area contributed by atoms with Crippen LogP contribution in [0.1, 0.15) is 36.8 Å². The van der Waals surface area contributed by atoms with Crippen LogP contribution in [-0.4, -0.2) is 0 Å². The van der Waals surface area contributed by atoms with E-state index in [1.165, 1.54) is 43.2 Å². The SMILES string of the molecule is [O]c1ccc(CCCCCCc2ccccc2)cc1. The van der Waals surface area contributed by atoms with Gasteiger partial charge >= 0.3 is 0 Å². The van der Waals surface area contributed by atoms with Gasteiger partial charge in [0.05, 0.1) is 0 Å². The highest BCUT2D eigenvalue weighted by Crippen LogP contribution is 2.14. The third kappa shape index (κ3) is 5.17. The number of benzene rings is 2. The van der Waals surface area contributed by atoms with Crippen molar-refractivity contribution >= 4 is 0 Å². The maximum atomic E-state index is 11.0. The summed E-state index contributed by atoms with van der Waals surface area (Å²) in [4.78, 5) is 0. The van der Waals surface area contributed by atoms with Crippen LogP contribution in [-0.2, 0) is 17.9 Å². The van der Waals surface area contributed by atoms with Crippen molar-refractivity contribution in [1.29, 1.82) is 0 Å². The van der Waals surface area contributed by atoms with Crippen LogP contribution in [0.25, 0.3) is 0 Å². The topological polar surface area (TPSA) is 19.9 Å². The molecule has 0 saturated carbocycles. The number of hydrogen-bond donors (Lipinski definition) is 0. The normalized spacial score (nSPS) is 10.5. The molecule has 0 N–H and O–H groups in total. The van der Waals surface area contributed by atoms with E-state index >= 15 is 0 Å². The molecule has 0 fully saturated rings. The highest BCUT2D eigenvalue weighted by molar-refractivity contribution is 5.25. The quantitative estimate of drug-likeness (QED) is 0.606. The lowest BCUT2D eigenvalue weighted by Crippen LogP contribution is -1.88. The minimum Gasteiger partial charge on any atom is -0.290 e. The molecule has 1 nitrogen and oxygen atoms in total. The molecule has 0 aliphatic rings. The number of hydrogen-bond acceptors (Lipinski definition) is 0. The second kappa shape index (κ2) is 7.63. The standard InChI is InChI=1S/C18H21O/c19-18-14-12-17(13-15-18)11-5-2-1-4-8-16-9-6-3-7-10-16/h3,6-7,9-10,12-15H,1-2,4-5,8,11H2. The van der Waals surface area contributed by atoms with E-state index in [-0.39, 0.29) is 5.75 Å². The first kappa shape index (κ1) is 13.7. The maximum Gasteiger partial charge on any atom is 0.178 e. The Kier molecular flexibility index (Phi) is 5.49. The van der Waals surface area contributed by atoms with Gasteiger partial charge in [0.25, 0.3) is 0 Å². The van der Waals surface area contributed by atoms with E-state index in [1.54, 1.807) is 12.1 Å². The van der Waals surface area contributed by atoms with Crippen LogP contribution in [0.3, 0.4) is 0 Å². The molecule has 99 valence electrons. The molecule has 19 heavy (non-hydrogen) atoms. The molecule has 2 rings (SSSR count). The molecule has 0 spiro atoms. The van der Waals surface area contributed by atoms with E-state index in [0.717, 1.165) is 6.42 Å². The molecule has 0 unspecified atom stereocenters. The van der Waals surface area contributed by atoms with Crippen molar-refractivity contribution in [2.75, 3.05) is 0 Å². The lowest BCUT2D eigenvalue weighted by atomic mass is 10.0. The second-order valence-electron chi connectivity index (χ2n) is 5.04. The molecule has 1 radical (unpaired) electrons. The Morgan fingerprint density at radius 2 is 1.11 bits per heavy atom. The van der Waals surface area contributed by atoms with Gasteiger partial charge in [0.1, 0.15) is 0 Å². The summed E-state index contributed by atoms with van der Waals surface area (Å²) in [5, 5.41) is 11.0. The fraction of sp³-hybridized carbons (Fsp3) is 0.333. The first-order valence-electron chi connectivity index (χ1n) is 7.14. The van der Waals surface area contributed by atoms with Crippen molar-refractivity contribution in [2.45, 2.75) is 38.5 Å². The van der Waals surface area contributed by atoms with Crippen LogP contribution in [0.5, 0.6) is 5.75 Å². The third-order valence-electron chi connectivity index (χ3n) is 3.45. The monoisotopic (exact) mass is 253 g/mol. The van der Waals surface area contributed by atoms with Gasteiger partial charge in [0, 0.05) is 0 Å². The summed E-state index contributed by atoms with van der Waals surface area (Å²) in [5.74, 6) is 0.103. The zero-order valence-electron chi connectivity index (χ0n) is 11.3. The lowest BCUT2D eigenvalue weighted by molar-refractivity contribution is 0.355. The molecule has 2 aromatic rings. The Morgan fingerprint density at radius 1 is 0.579 bits per heavy atom. The Labute approximate surface area is 115 Å². The van der Waals surface area contributed by atoms with Gasteiger partial charge in [-0.2, -0.15) is 0 Å². The average molecular weight is 253 g/mol. The van der Waals surface area contributed by atoms with Crippen molar-refractivity contribution in [3.8, 4) is 5.75 Å². The molecule has 0 heterocycles. The van der Waals surface area contributed by atoms with Crippen LogP contribution in [0.15, 0.2) is 54.6 Å². The summed E-state index contributed by atoms with van der Waals surface area (Å²) in [6, 6.07) is 17.9. The molecule has 0 aliphatic carbocycles. The second-order valence-corrected chi connectivity index (χ2v) is 5.04. The molecule has 0 amide bonds. The fourth-order valence-corrected chi connectivity index (χ4v) is 2.31. The average Bonchev–Trinajstić information content (AvgIpc) is 2.46. The number of rotatable bonds is 7. The molecule has 2 aromatic carbocycles. The van der Waals surface area contributed by atoms with Crippen LogP contribution in [0, 0.1) is 0 Å². The predicted octanol–water partition coefficient (Wildman–Crippen LogP) is 5.18. The van der Waals surface area contributed by atoms with Crippen molar-refractivity contribution in [3.05, 3.63) is 65.7 Å². The summed E-state index contributed by atoms with van der Waals surface area (Å²) in [7, 11) is 0. The van der Waals surface area contributed by atoms with E-state index in [4.69, 9.17) is 0 Å². The van der Waals surface area contributed by atoms with E-state index in [0.29, 0.717) is 0 Å². The van der Waals surface area contributed by atoms with Gasteiger partial charge in [-0.3, -0.25) is 5.11 Å². The van der Waals surface area contributed by atoms with Crippen LogP contribution in [0.2, 0.25) is 0 Å². The highest BCUT2D eigenvalue weighted by atomic mass is 16.3. The molecule has 0 aromatic heterocycles. The minimum atomic E-state index is 0.103. The van der Waals surface area contributed by atoms with E-state index in [9.17, 15) is 5.11 Å². The summed E-state index contributed by atoms with van der Waals surface area (Å²) in [6.07, 6.45) is 7.31. The molecule has 0 bridgehead atoms. The smallest absolute Gasteiger partial charge is 0.178 e. The Bertz CT molecular complexity index is 459. The van der Waals surface area contributed by atoms with Gasteiger partial charge in [-0.15, -0.1) is 0 Å². The molecule has 1 heteroatoms. The van der Waals surface area contributed by atoms with E-state index in [2.05, 4.69) is 30.3 Å². The maximum absolute atomic E-state index is 11.0. The molecular weight excluding hydrogens is 232 g/mol.